The number of ether oxygens (including phenoxy) is 1. The summed E-state index contributed by atoms with van der Waals surface area (Å²) < 4.78 is 7.42. The van der Waals surface area contributed by atoms with E-state index in [1.807, 2.05) is 24.3 Å². The van der Waals surface area contributed by atoms with Crippen LogP contribution < -0.4 is 10.1 Å². The van der Waals surface area contributed by atoms with Gasteiger partial charge in [0.25, 0.3) is 0 Å². The van der Waals surface area contributed by atoms with Gasteiger partial charge in [0.15, 0.2) is 0 Å². The van der Waals surface area contributed by atoms with Gasteiger partial charge in [-0.05, 0) is 61.7 Å². The highest BCUT2D eigenvalue weighted by molar-refractivity contribution is 9.13. The van der Waals surface area contributed by atoms with E-state index in [0.29, 0.717) is 11.6 Å². The standard InChI is InChI=1S/C15H14Br2ClNO/c1-20-15-4-2-3-14(18)11(15)9-19-8-10-5-6-12(16)13(17)7-10/h2-7,19H,8-9H2,1H3. The summed E-state index contributed by atoms with van der Waals surface area (Å²) in [5, 5.41) is 4.10. The summed E-state index contributed by atoms with van der Waals surface area (Å²) in [6.45, 7) is 1.43. The summed E-state index contributed by atoms with van der Waals surface area (Å²) in [4.78, 5) is 0. The molecule has 0 fully saturated rings. The molecule has 2 rings (SSSR count). The number of rotatable bonds is 5. The molecule has 0 saturated heterocycles. The largest absolute Gasteiger partial charge is 0.496 e. The smallest absolute Gasteiger partial charge is 0.124 e. The minimum Gasteiger partial charge on any atom is -0.496 e. The molecule has 0 aliphatic carbocycles. The summed E-state index contributed by atoms with van der Waals surface area (Å²) in [5.74, 6) is 0.807. The van der Waals surface area contributed by atoms with Gasteiger partial charge in [0, 0.05) is 32.6 Å². The molecule has 0 unspecified atom stereocenters. The summed E-state index contributed by atoms with van der Waals surface area (Å²) in [7, 11) is 1.65. The molecule has 2 aromatic rings. The van der Waals surface area contributed by atoms with Crippen LogP contribution in [0.15, 0.2) is 45.3 Å². The molecule has 5 heteroatoms. The van der Waals surface area contributed by atoms with Crippen LogP contribution in [0.25, 0.3) is 0 Å². The Morgan fingerprint density at radius 1 is 1.10 bits per heavy atom. The predicted octanol–water partition coefficient (Wildman–Crippen LogP) is 5.16. The van der Waals surface area contributed by atoms with Crippen molar-refractivity contribution in [2.45, 2.75) is 13.1 Å². The van der Waals surface area contributed by atoms with E-state index in [2.05, 4.69) is 49.3 Å². The van der Waals surface area contributed by atoms with Gasteiger partial charge in [-0.1, -0.05) is 23.7 Å². The van der Waals surface area contributed by atoms with Gasteiger partial charge in [0.05, 0.1) is 7.11 Å². The SMILES string of the molecule is COc1cccc(Cl)c1CNCc1ccc(Br)c(Br)c1. The molecule has 2 nitrogen and oxygen atoms in total. The van der Waals surface area contributed by atoms with Crippen LogP contribution >= 0.6 is 43.5 Å². The number of benzene rings is 2. The quantitative estimate of drug-likeness (QED) is 0.723. The number of hydrogen-bond donors (Lipinski definition) is 1. The van der Waals surface area contributed by atoms with Crippen LogP contribution in [0.3, 0.4) is 0 Å². The van der Waals surface area contributed by atoms with E-state index in [9.17, 15) is 0 Å². The number of methoxy groups -OCH3 is 1. The summed E-state index contributed by atoms with van der Waals surface area (Å²) in [5.41, 5.74) is 2.18. The third-order valence-corrected chi connectivity index (χ3v) is 5.14. The molecular weight excluding hydrogens is 405 g/mol. The van der Waals surface area contributed by atoms with Gasteiger partial charge in [0.1, 0.15) is 5.75 Å². The van der Waals surface area contributed by atoms with Gasteiger partial charge in [-0.15, -0.1) is 0 Å². The Kier molecular flexibility index (Phi) is 5.90. The predicted molar refractivity (Wildman–Crippen MR) is 90.4 cm³/mol. The van der Waals surface area contributed by atoms with Crippen LogP contribution in [0.2, 0.25) is 5.02 Å². The number of nitrogens with one attached hydrogen (secondary N) is 1. The monoisotopic (exact) mass is 417 g/mol. The van der Waals surface area contributed by atoms with Crippen molar-refractivity contribution in [2.75, 3.05) is 7.11 Å². The van der Waals surface area contributed by atoms with E-state index < -0.39 is 0 Å². The first kappa shape index (κ1) is 15.8. The normalized spacial score (nSPS) is 10.6. The van der Waals surface area contributed by atoms with Crippen molar-refractivity contribution in [3.8, 4) is 5.75 Å². The fourth-order valence-electron chi connectivity index (χ4n) is 1.88. The van der Waals surface area contributed by atoms with Gasteiger partial charge >= 0.3 is 0 Å². The molecule has 0 aliphatic heterocycles. The molecule has 0 spiro atoms. The summed E-state index contributed by atoms with van der Waals surface area (Å²) in [6.07, 6.45) is 0. The maximum atomic E-state index is 6.20. The first-order valence-corrected chi connectivity index (χ1v) is 8.04. The summed E-state index contributed by atoms with van der Waals surface area (Å²) in [6, 6.07) is 11.9. The Morgan fingerprint density at radius 2 is 1.90 bits per heavy atom. The fraction of sp³-hybridized carbons (Fsp3) is 0.200. The van der Waals surface area contributed by atoms with Gasteiger partial charge in [0.2, 0.25) is 0 Å². The van der Waals surface area contributed by atoms with Crippen molar-refractivity contribution in [3.05, 3.63) is 61.5 Å². The van der Waals surface area contributed by atoms with Crippen LogP contribution in [0, 0.1) is 0 Å². The third kappa shape index (κ3) is 3.98. The van der Waals surface area contributed by atoms with Gasteiger partial charge < -0.3 is 10.1 Å². The van der Waals surface area contributed by atoms with Crippen LogP contribution in [0.1, 0.15) is 11.1 Å². The topological polar surface area (TPSA) is 21.3 Å². The van der Waals surface area contributed by atoms with E-state index in [4.69, 9.17) is 16.3 Å². The lowest BCUT2D eigenvalue weighted by molar-refractivity contribution is 0.407. The lowest BCUT2D eigenvalue weighted by Crippen LogP contribution is -2.13. The summed E-state index contributed by atoms with van der Waals surface area (Å²) >= 11 is 13.2. The Hall–Kier alpha value is -0.550. The van der Waals surface area contributed by atoms with Gasteiger partial charge in [-0.25, -0.2) is 0 Å². The van der Waals surface area contributed by atoms with Gasteiger partial charge in [-0.2, -0.15) is 0 Å². The van der Waals surface area contributed by atoms with Crippen molar-refractivity contribution in [1.82, 2.24) is 5.32 Å². The molecule has 106 valence electrons. The zero-order chi connectivity index (χ0) is 14.5. The Balaban J connectivity index is 2.01. The second-order valence-electron chi connectivity index (χ2n) is 4.27. The molecule has 0 amide bonds. The Labute approximate surface area is 140 Å². The fourth-order valence-corrected chi connectivity index (χ4v) is 2.79. The molecule has 0 aliphatic rings. The van der Waals surface area contributed by atoms with Crippen LogP contribution in [0.5, 0.6) is 5.75 Å². The number of hydrogen-bond acceptors (Lipinski definition) is 2. The molecule has 0 saturated carbocycles. The van der Waals surface area contributed by atoms with Crippen LogP contribution in [-0.2, 0) is 13.1 Å². The highest BCUT2D eigenvalue weighted by Gasteiger charge is 2.07. The zero-order valence-electron chi connectivity index (χ0n) is 10.9. The lowest BCUT2D eigenvalue weighted by atomic mass is 10.2. The van der Waals surface area contributed by atoms with E-state index in [0.717, 1.165) is 26.8 Å². The molecule has 2 aromatic carbocycles. The second-order valence-corrected chi connectivity index (χ2v) is 6.39. The highest BCUT2D eigenvalue weighted by Crippen LogP contribution is 2.26. The molecular formula is C15H14Br2ClNO. The minimum absolute atomic E-state index is 0.663. The molecule has 20 heavy (non-hydrogen) atoms. The number of halogens is 3. The van der Waals surface area contributed by atoms with E-state index >= 15 is 0 Å². The average Bonchev–Trinajstić information content (AvgIpc) is 2.44. The molecule has 0 radical (unpaired) electrons. The molecule has 1 N–H and O–H groups in total. The van der Waals surface area contributed by atoms with Crippen molar-refractivity contribution in [3.63, 3.8) is 0 Å². The van der Waals surface area contributed by atoms with E-state index in [1.165, 1.54) is 5.56 Å². The minimum atomic E-state index is 0.663. The van der Waals surface area contributed by atoms with Crippen LogP contribution in [0.4, 0.5) is 0 Å². The highest BCUT2D eigenvalue weighted by atomic mass is 79.9. The van der Waals surface area contributed by atoms with E-state index in [-0.39, 0.29) is 0 Å². The Bertz CT molecular complexity index is 604. The second kappa shape index (κ2) is 7.46. The average molecular weight is 420 g/mol. The van der Waals surface area contributed by atoms with Crippen molar-refractivity contribution >= 4 is 43.5 Å². The Morgan fingerprint density at radius 3 is 2.60 bits per heavy atom. The van der Waals surface area contributed by atoms with Crippen molar-refractivity contribution in [1.29, 1.82) is 0 Å². The first-order chi connectivity index (χ1) is 9.61. The van der Waals surface area contributed by atoms with Crippen molar-refractivity contribution < 1.29 is 4.74 Å². The first-order valence-electron chi connectivity index (χ1n) is 6.08. The van der Waals surface area contributed by atoms with Crippen LogP contribution in [-0.4, -0.2) is 7.11 Å². The maximum Gasteiger partial charge on any atom is 0.124 e. The maximum absolute atomic E-state index is 6.20. The third-order valence-electron chi connectivity index (χ3n) is 2.91. The van der Waals surface area contributed by atoms with Crippen molar-refractivity contribution in [2.24, 2.45) is 0 Å². The molecule has 0 aromatic heterocycles. The lowest BCUT2D eigenvalue weighted by Gasteiger charge is -2.11. The van der Waals surface area contributed by atoms with Gasteiger partial charge in [-0.3, -0.25) is 0 Å². The molecule has 0 bridgehead atoms. The molecule has 0 heterocycles. The van der Waals surface area contributed by atoms with E-state index in [1.54, 1.807) is 7.11 Å². The molecule has 0 atom stereocenters. The zero-order valence-corrected chi connectivity index (χ0v) is 14.8.